The van der Waals surface area contributed by atoms with E-state index in [0.717, 1.165) is 27.2 Å². The van der Waals surface area contributed by atoms with Crippen molar-refractivity contribution in [3.63, 3.8) is 0 Å². The number of halogens is 1. The first kappa shape index (κ1) is 11.8. The van der Waals surface area contributed by atoms with Crippen molar-refractivity contribution in [3.8, 4) is 10.6 Å². The van der Waals surface area contributed by atoms with Crippen LogP contribution in [0.4, 0.5) is 0 Å². The summed E-state index contributed by atoms with van der Waals surface area (Å²) in [6, 6.07) is 3.99. The maximum Gasteiger partial charge on any atom is 0.125 e. The van der Waals surface area contributed by atoms with Crippen molar-refractivity contribution in [1.82, 2.24) is 9.97 Å². The van der Waals surface area contributed by atoms with Gasteiger partial charge in [-0.15, -0.1) is 11.3 Å². The first-order valence-corrected chi connectivity index (χ1v) is 7.40. The molecule has 1 aliphatic carbocycles. The van der Waals surface area contributed by atoms with Gasteiger partial charge in [-0.25, -0.2) is 4.98 Å². The molecule has 1 atom stereocenters. The van der Waals surface area contributed by atoms with Crippen LogP contribution in [-0.4, -0.2) is 9.97 Å². The van der Waals surface area contributed by atoms with Crippen molar-refractivity contribution in [2.24, 2.45) is 0 Å². The van der Waals surface area contributed by atoms with Gasteiger partial charge < -0.3 is 0 Å². The molecule has 18 heavy (non-hydrogen) atoms. The molecule has 0 spiro atoms. The second kappa shape index (κ2) is 5.16. The van der Waals surface area contributed by atoms with E-state index in [2.05, 4.69) is 44.5 Å². The highest BCUT2D eigenvalue weighted by molar-refractivity contribution is 9.11. The molecule has 0 aromatic carbocycles. The SMILES string of the molecule is BrC1=CCC(c2csc(-c3cccnc3)n2)C=C1. The predicted octanol–water partition coefficient (Wildman–Crippen LogP) is 4.53. The van der Waals surface area contributed by atoms with E-state index in [1.165, 1.54) is 0 Å². The van der Waals surface area contributed by atoms with Crippen LogP contribution in [0.15, 0.2) is 52.6 Å². The molecule has 2 heterocycles. The molecular weight excluding hydrogens is 308 g/mol. The lowest BCUT2D eigenvalue weighted by atomic mass is 9.98. The van der Waals surface area contributed by atoms with Gasteiger partial charge in [0, 0.05) is 33.7 Å². The summed E-state index contributed by atoms with van der Waals surface area (Å²) in [5, 5.41) is 3.19. The second-order valence-electron chi connectivity index (χ2n) is 4.11. The summed E-state index contributed by atoms with van der Waals surface area (Å²) in [4.78, 5) is 8.84. The molecule has 2 aromatic heterocycles. The van der Waals surface area contributed by atoms with Crippen LogP contribution in [0.1, 0.15) is 18.0 Å². The molecular formula is C14H11BrN2S. The Kier molecular flexibility index (Phi) is 3.39. The fourth-order valence-corrected chi connectivity index (χ4v) is 3.11. The summed E-state index contributed by atoms with van der Waals surface area (Å²) in [6.45, 7) is 0. The molecule has 2 nitrogen and oxygen atoms in total. The standard InChI is InChI=1S/C14H11BrN2S/c15-12-5-3-10(4-6-12)13-9-18-14(17-13)11-2-1-7-16-8-11/h1-3,5-10H,4H2. The van der Waals surface area contributed by atoms with Crippen LogP contribution in [0.25, 0.3) is 10.6 Å². The van der Waals surface area contributed by atoms with Crippen LogP contribution in [-0.2, 0) is 0 Å². The van der Waals surface area contributed by atoms with E-state index in [4.69, 9.17) is 4.98 Å². The third-order valence-corrected chi connectivity index (χ3v) is 4.36. The van der Waals surface area contributed by atoms with Crippen molar-refractivity contribution >= 4 is 27.3 Å². The van der Waals surface area contributed by atoms with Gasteiger partial charge in [0.1, 0.15) is 5.01 Å². The summed E-state index contributed by atoms with van der Waals surface area (Å²) in [6.07, 6.45) is 11.1. The Labute approximate surface area is 118 Å². The van der Waals surface area contributed by atoms with Crippen LogP contribution in [0.5, 0.6) is 0 Å². The Bertz CT molecular complexity index is 601. The fourth-order valence-electron chi connectivity index (χ4n) is 1.89. The van der Waals surface area contributed by atoms with E-state index in [1.54, 1.807) is 17.5 Å². The minimum atomic E-state index is 0.396. The van der Waals surface area contributed by atoms with Gasteiger partial charge in [-0.1, -0.05) is 34.2 Å². The van der Waals surface area contributed by atoms with E-state index < -0.39 is 0 Å². The minimum absolute atomic E-state index is 0.396. The van der Waals surface area contributed by atoms with Gasteiger partial charge in [0.2, 0.25) is 0 Å². The van der Waals surface area contributed by atoms with Crippen molar-refractivity contribution in [2.75, 3.05) is 0 Å². The molecule has 4 heteroatoms. The first-order valence-electron chi connectivity index (χ1n) is 5.72. The Morgan fingerprint density at radius 2 is 2.33 bits per heavy atom. The molecule has 0 bridgehead atoms. The van der Waals surface area contributed by atoms with Crippen LogP contribution < -0.4 is 0 Å². The highest BCUT2D eigenvalue weighted by atomic mass is 79.9. The normalized spacial score (nSPS) is 18.7. The van der Waals surface area contributed by atoms with Gasteiger partial charge in [0.05, 0.1) is 5.69 Å². The Balaban J connectivity index is 1.85. The molecule has 0 saturated carbocycles. The highest BCUT2D eigenvalue weighted by Crippen LogP contribution is 2.32. The minimum Gasteiger partial charge on any atom is -0.264 e. The van der Waals surface area contributed by atoms with E-state index in [9.17, 15) is 0 Å². The Morgan fingerprint density at radius 1 is 1.39 bits per heavy atom. The van der Waals surface area contributed by atoms with Crippen LogP contribution in [0, 0.1) is 0 Å². The maximum atomic E-state index is 4.71. The molecule has 90 valence electrons. The summed E-state index contributed by atoms with van der Waals surface area (Å²) in [5.41, 5.74) is 2.23. The number of hydrogen-bond donors (Lipinski definition) is 0. The fraction of sp³-hybridized carbons (Fsp3) is 0.143. The smallest absolute Gasteiger partial charge is 0.125 e. The molecule has 1 aliphatic rings. The summed E-state index contributed by atoms with van der Waals surface area (Å²) < 4.78 is 1.15. The van der Waals surface area contributed by atoms with Crippen molar-refractivity contribution in [1.29, 1.82) is 0 Å². The summed E-state index contributed by atoms with van der Waals surface area (Å²) >= 11 is 5.16. The third-order valence-electron chi connectivity index (χ3n) is 2.86. The molecule has 0 N–H and O–H groups in total. The molecule has 0 amide bonds. The molecule has 3 rings (SSSR count). The van der Waals surface area contributed by atoms with Gasteiger partial charge in [-0.05, 0) is 18.6 Å². The van der Waals surface area contributed by atoms with Gasteiger partial charge in [-0.3, -0.25) is 4.98 Å². The van der Waals surface area contributed by atoms with Gasteiger partial charge in [0.25, 0.3) is 0 Å². The lowest BCUT2D eigenvalue weighted by Crippen LogP contribution is -1.97. The van der Waals surface area contributed by atoms with E-state index in [-0.39, 0.29) is 0 Å². The zero-order valence-electron chi connectivity index (χ0n) is 9.58. The number of thiazole rings is 1. The number of hydrogen-bond acceptors (Lipinski definition) is 3. The van der Waals surface area contributed by atoms with E-state index in [0.29, 0.717) is 5.92 Å². The summed E-state index contributed by atoms with van der Waals surface area (Å²) in [7, 11) is 0. The molecule has 0 aliphatic heterocycles. The van der Waals surface area contributed by atoms with Gasteiger partial charge >= 0.3 is 0 Å². The van der Waals surface area contributed by atoms with E-state index in [1.807, 2.05) is 18.3 Å². The highest BCUT2D eigenvalue weighted by Gasteiger charge is 2.14. The van der Waals surface area contributed by atoms with Crippen LogP contribution in [0.2, 0.25) is 0 Å². The van der Waals surface area contributed by atoms with E-state index >= 15 is 0 Å². The van der Waals surface area contributed by atoms with Gasteiger partial charge in [0.15, 0.2) is 0 Å². The quantitative estimate of drug-likeness (QED) is 0.813. The number of aromatic nitrogens is 2. The number of allylic oxidation sites excluding steroid dienone is 4. The second-order valence-corrected chi connectivity index (χ2v) is 5.88. The topological polar surface area (TPSA) is 25.8 Å². The molecule has 1 unspecified atom stereocenters. The monoisotopic (exact) mass is 318 g/mol. The molecule has 0 fully saturated rings. The Hall–Kier alpha value is -1.26. The number of nitrogens with zero attached hydrogens (tertiary/aromatic N) is 2. The Morgan fingerprint density at radius 3 is 3.06 bits per heavy atom. The lowest BCUT2D eigenvalue weighted by Gasteiger charge is -2.11. The molecule has 0 radical (unpaired) electrons. The zero-order valence-corrected chi connectivity index (χ0v) is 12.0. The molecule has 2 aromatic rings. The largest absolute Gasteiger partial charge is 0.264 e. The van der Waals surface area contributed by atoms with Crippen LogP contribution >= 0.6 is 27.3 Å². The summed E-state index contributed by atoms with van der Waals surface area (Å²) in [5.74, 6) is 0.396. The van der Waals surface area contributed by atoms with Crippen molar-refractivity contribution < 1.29 is 0 Å². The van der Waals surface area contributed by atoms with Crippen LogP contribution in [0.3, 0.4) is 0 Å². The lowest BCUT2D eigenvalue weighted by molar-refractivity contribution is 0.824. The van der Waals surface area contributed by atoms with Gasteiger partial charge in [-0.2, -0.15) is 0 Å². The maximum absolute atomic E-state index is 4.71. The van der Waals surface area contributed by atoms with Crippen molar-refractivity contribution in [2.45, 2.75) is 12.3 Å². The average Bonchev–Trinajstić information content (AvgIpc) is 2.90. The predicted molar refractivity (Wildman–Crippen MR) is 78.9 cm³/mol. The number of rotatable bonds is 2. The first-order chi connectivity index (χ1) is 8.83. The third kappa shape index (κ3) is 2.44. The van der Waals surface area contributed by atoms with Crippen molar-refractivity contribution in [3.05, 3.63) is 58.3 Å². The zero-order chi connectivity index (χ0) is 12.4. The molecule has 0 saturated heterocycles. The number of pyridine rings is 1. The average molecular weight is 319 g/mol.